The number of amides is 1. The van der Waals surface area contributed by atoms with E-state index >= 15 is 0 Å². The molecule has 0 saturated carbocycles. The zero-order valence-corrected chi connectivity index (χ0v) is 18.7. The molecular weight excluding hydrogens is 450 g/mol. The van der Waals surface area contributed by atoms with Crippen molar-refractivity contribution in [3.8, 4) is 10.6 Å². The summed E-state index contributed by atoms with van der Waals surface area (Å²) in [5.41, 5.74) is 1.72. The van der Waals surface area contributed by atoms with Crippen molar-refractivity contribution in [1.82, 2.24) is 14.2 Å². The first-order chi connectivity index (χ1) is 13.9. The summed E-state index contributed by atoms with van der Waals surface area (Å²) in [6, 6.07) is 8.22. The predicted molar refractivity (Wildman–Crippen MR) is 116 cm³/mol. The highest BCUT2D eigenvalue weighted by Gasteiger charge is 2.31. The fourth-order valence-electron chi connectivity index (χ4n) is 3.16. The monoisotopic (exact) mass is 467 g/mol. The summed E-state index contributed by atoms with van der Waals surface area (Å²) >= 11 is 8.91. The molecule has 0 atom stereocenters. The number of aryl methyl sites for hydroxylation is 1. The Bertz CT molecular complexity index is 1130. The van der Waals surface area contributed by atoms with Gasteiger partial charge >= 0.3 is 0 Å². The van der Waals surface area contributed by atoms with Crippen LogP contribution < -0.4 is 0 Å². The minimum atomic E-state index is -3.63. The molecule has 1 aliphatic rings. The molecule has 152 valence electrons. The number of hydrogen-bond donors (Lipinski definition) is 0. The van der Waals surface area contributed by atoms with Crippen LogP contribution in [0.2, 0.25) is 5.02 Å². The lowest BCUT2D eigenvalue weighted by atomic mass is 10.3. The molecule has 4 rings (SSSR count). The molecule has 0 spiro atoms. The van der Waals surface area contributed by atoms with Crippen molar-refractivity contribution in [3.63, 3.8) is 0 Å². The number of thiophene rings is 1. The normalized spacial score (nSPS) is 15.6. The average molecular weight is 468 g/mol. The van der Waals surface area contributed by atoms with E-state index in [-0.39, 0.29) is 23.9 Å². The predicted octanol–water partition coefficient (Wildman–Crippen LogP) is 3.98. The van der Waals surface area contributed by atoms with Crippen molar-refractivity contribution in [2.75, 3.05) is 26.2 Å². The van der Waals surface area contributed by atoms with Crippen LogP contribution in [0.5, 0.6) is 0 Å². The molecule has 10 heteroatoms. The number of piperazine rings is 1. The van der Waals surface area contributed by atoms with Gasteiger partial charge in [-0.2, -0.15) is 15.6 Å². The van der Waals surface area contributed by atoms with E-state index in [0.717, 1.165) is 10.6 Å². The molecule has 3 heterocycles. The molecule has 0 bridgehead atoms. The largest absolute Gasteiger partial charge is 0.335 e. The second kappa shape index (κ2) is 8.16. The number of carbonyl (C=O) groups is 1. The van der Waals surface area contributed by atoms with Crippen molar-refractivity contribution >= 4 is 50.2 Å². The molecule has 3 aromatic rings. The van der Waals surface area contributed by atoms with Crippen LogP contribution in [0.1, 0.15) is 15.4 Å². The third kappa shape index (κ3) is 4.10. The summed E-state index contributed by atoms with van der Waals surface area (Å²) in [6.45, 7) is 3.00. The number of carbonyl (C=O) groups excluding carboxylic acids is 1. The van der Waals surface area contributed by atoms with Crippen LogP contribution in [-0.2, 0) is 10.0 Å². The fraction of sp³-hybridized carbons (Fsp3) is 0.263. The zero-order chi connectivity index (χ0) is 20.6. The number of aromatic nitrogens is 1. The van der Waals surface area contributed by atoms with Crippen LogP contribution in [0.3, 0.4) is 0 Å². The van der Waals surface area contributed by atoms with E-state index in [1.807, 2.05) is 23.8 Å². The van der Waals surface area contributed by atoms with Gasteiger partial charge in [0.15, 0.2) is 0 Å². The highest BCUT2D eigenvalue weighted by atomic mass is 35.5. The molecule has 1 fully saturated rings. The van der Waals surface area contributed by atoms with Crippen molar-refractivity contribution in [1.29, 1.82) is 0 Å². The molecule has 29 heavy (non-hydrogen) atoms. The second-order valence-electron chi connectivity index (χ2n) is 6.60. The lowest BCUT2D eigenvalue weighted by molar-refractivity contribution is 0.0702. The Morgan fingerprint density at radius 3 is 2.59 bits per heavy atom. The minimum Gasteiger partial charge on any atom is -0.335 e. The zero-order valence-electron chi connectivity index (χ0n) is 15.5. The second-order valence-corrected chi connectivity index (χ2v) is 10.8. The van der Waals surface area contributed by atoms with E-state index in [1.165, 1.54) is 27.8 Å². The number of sulfonamides is 1. The summed E-state index contributed by atoms with van der Waals surface area (Å²) in [5, 5.41) is 5.19. The summed E-state index contributed by atoms with van der Waals surface area (Å²) < 4.78 is 27.1. The first-order valence-electron chi connectivity index (χ1n) is 8.91. The Hall–Kier alpha value is -1.78. The van der Waals surface area contributed by atoms with Gasteiger partial charge < -0.3 is 4.90 Å². The molecule has 0 unspecified atom stereocenters. The molecule has 6 nitrogen and oxygen atoms in total. The number of nitrogens with zero attached hydrogens (tertiary/aromatic N) is 3. The van der Waals surface area contributed by atoms with E-state index < -0.39 is 10.0 Å². The van der Waals surface area contributed by atoms with Crippen LogP contribution in [0.25, 0.3) is 10.6 Å². The molecular formula is C19H18ClN3O3S3. The SMILES string of the molecule is Cc1nc(-c2ccsc2)sc1C(=O)N1CCN(S(=O)(=O)c2cccc(Cl)c2)CC1. The fourth-order valence-corrected chi connectivity index (χ4v) is 6.63. The quantitative estimate of drug-likeness (QED) is 0.581. The van der Waals surface area contributed by atoms with E-state index in [4.69, 9.17) is 11.6 Å². The van der Waals surface area contributed by atoms with Gasteiger partial charge in [-0.1, -0.05) is 17.7 Å². The van der Waals surface area contributed by atoms with Crippen LogP contribution in [0.15, 0.2) is 46.0 Å². The van der Waals surface area contributed by atoms with Crippen molar-refractivity contribution < 1.29 is 13.2 Å². The third-order valence-electron chi connectivity index (χ3n) is 4.72. The molecule has 2 aromatic heterocycles. The van der Waals surface area contributed by atoms with Crippen LogP contribution in [0.4, 0.5) is 0 Å². The van der Waals surface area contributed by atoms with E-state index in [1.54, 1.807) is 28.4 Å². The lowest BCUT2D eigenvalue weighted by Gasteiger charge is -2.33. The molecule has 1 amide bonds. The van der Waals surface area contributed by atoms with Crippen molar-refractivity contribution in [2.24, 2.45) is 0 Å². The summed E-state index contributed by atoms with van der Waals surface area (Å²) in [7, 11) is -3.63. The number of thiazole rings is 1. The van der Waals surface area contributed by atoms with Gasteiger partial charge in [-0.15, -0.1) is 11.3 Å². The van der Waals surface area contributed by atoms with Crippen molar-refractivity contribution in [3.05, 3.63) is 56.7 Å². The molecule has 1 saturated heterocycles. The Balaban J connectivity index is 1.47. The molecule has 0 radical (unpaired) electrons. The number of halogens is 1. The molecule has 0 aliphatic carbocycles. The highest BCUT2D eigenvalue weighted by Crippen LogP contribution is 2.30. The van der Waals surface area contributed by atoms with E-state index in [0.29, 0.717) is 28.7 Å². The molecule has 1 aliphatic heterocycles. The average Bonchev–Trinajstić information content (AvgIpc) is 3.37. The Labute approximate surface area is 182 Å². The standard InChI is InChI=1S/C19H18ClN3O3S3/c1-13-17(28-18(21-13)14-5-10-27-12-14)19(24)22-6-8-23(9-7-22)29(25,26)16-4-2-3-15(20)11-16/h2-5,10-12H,6-9H2,1H3. The summed E-state index contributed by atoms with van der Waals surface area (Å²) in [4.78, 5) is 20.0. The maximum absolute atomic E-state index is 13.0. The van der Waals surface area contributed by atoms with Crippen LogP contribution >= 0.6 is 34.3 Å². The highest BCUT2D eigenvalue weighted by molar-refractivity contribution is 7.89. The van der Waals surface area contributed by atoms with Gasteiger partial charge in [0.05, 0.1) is 10.6 Å². The van der Waals surface area contributed by atoms with Gasteiger partial charge in [-0.05, 0) is 36.6 Å². The molecule has 0 N–H and O–H groups in total. The van der Waals surface area contributed by atoms with Gasteiger partial charge in [0, 0.05) is 42.1 Å². The first-order valence-corrected chi connectivity index (χ1v) is 12.5. The maximum atomic E-state index is 13.0. The maximum Gasteiger partial charge on any atom is 0.265 e. The summed E-state index contributed by atoms with van der Waals surface area (Å²) in [6.07, 6.45) is 0. The molecule has 1 aromatic carbocycles. The van der Waals surface area contributed by atoms with Gasteiger partial charge in [0.2, 0.25) is 10.0 Å². The first kappa shape index (κ1) is 20.5. The lowest BCUT2D eigenvalue weighted by Crippen LogP contribution is -2.50. The Kier molecular flexibility index (Phi) is 5.76. The van der Waals surface area contributed by atoms with Crippen molar-refractivity contribution in [2.45, 2.75) is 11.8 Å². The minimum absolute atomic E-state index is 0.0960. The third-order valence-corrected chi connectivity index (χ3v) is 8.73. The van der Waals surface area contributed by atoms with Gasteiger partial charge in [0.1, 0.15) is 9.88 Å². The topological polar surface area (TPSA) is 70.6 Å². The van der Waals surface area contributed by atoms with Gasteiger partial charge in [-0.25, -0.2) is 13.4 Å². The Morgan fingerprint density at radius 1 is 1.17 bits per heavy atom. The van der Waals surface area contributed by atoms with Gasteiger partial charge in [0.25, 0.3) is 5.91 Å². The van der Waals surface area contributed by atoms with E-state index in [2.05, 4.69) is 4.98 Å². The number of hydrogen-bond acceptors (Lipinski definition) is 6. The van der Waals surface area contributed by atoms with E-state index in [9.17, 15) is 13.2 Å². The summed E-state index contributed by atoms with van der Waals surface area (Å²) in [5.74, 6) is -0.0960. The smallest absolute Gasteiger partial charge is 0.265 e. The van der Waals surface area contributed by atoms with Crippen LogP contribution in [0, 0.1) is 6.92 Å². The Morgan fingerprint density at radius 2 is 1.93 bits per heavy atom. The number of benzene rings is 1. The number of rotatable bonds is 4. The van der Waals surface area contributed by atoms with Crippen LogP contribution in [-0.4, -0.2) is 54.7 Å². The van der Waals surface area contributed by atoms with Gasteiger partial charge in [-0.3, -0.25) is 4.79 Å².